The van der Waals surface area contributed by atoms with E-state index in [0.29, 0.717) is 19.1 Å². The molecular weight excluding hydrogens is 336 g/mol. The highest BCUT2D eigenvalue weighted by atomic mass is 35.5. The summed E-state index contributed by atoms with van der Waals surface area (Å²) in [6.45, 7) is 3.05. The van der Waals surface area contributed by atoms with E-state index in [0.717, 1.165) is 39.0 Å². The molecule has 3 rings (SSSR count). The number of nitrogens with zero attached hydrogens (tertiary/aromatic N) is 1. The van der Waals surface area contributed by atoms with Gasteiger partial charge in [-0.1, -0.05) is 18.2 Å². The minimum absolute atomic E-state index is 0. The Morgan fingerprint density at radius 3 is 2.60 bits per heavy atom. The molecule has 1 heterocycles. The number of rotatable bonds is 6. The summed E-state index contributed by atoms with van der Waals surface area (Å²) in [6.07, 6.45) is 8.58. The first-order valence-corrected chi connectivity index (χ1v) is 9.46. The monoisotopic (exact) mass is 366 g/mol. The quantitative estimate of drug-likeness (QED) is 0.787. The maximum absolute atomic E-state index is 12.6. The Hall–Kier alpha value is -1.10. The number of aryl methyl sites for hydroxylation is 2. The number of fused-ring (bicyclic) bond motifs is 1. The summed E-state index contributed by atoms with van der Waals surface area (Å²) in [6, 6.07) is 6.63. The van der Waals surface area contributed by atoms with Crippen molar-refractivity contribution >= 4 is 18.3 Å². The smallest absolute Gasteiger partial charge is 0.226 e. The predicted octanol–water partition coefficient (Wildman–Crippen LogP) is 2.89. The number of ether oxygens (including phenoxy) is 1. The van der Waals surface area contributed by atoms with Crippen molar-refractivity contribution in [2.24, 2.45) is 5.73 Å². The Kier molecular flexibility index (Phi) is 8.20. The molecule has 0 bridgehead atoms. The van der Waals surface area contributed by atoms with Crippen LogP contribution in [0.25, 0.3) is 0 Å². The van der Waals surface area contributed by atoms with Crippen molar-refractivity contribution in [3.8, 4) is 0 Å². The van der Waals surface area contributed by atoms with Crippen LogP contribution in [0.4, 0.5) is 0 Å². The highest BCUT2D eigenvalue weighted by Gasteiger charge is 2.23. The highest BCUT2D eigenvalue weighted by Crippen LogP contribution is 2.23. The summed E-state index contributed by atoms with van der Waals surface area (Å²) in [5.41, 5.74) is 9.59. The fourth-order valence-corrected chi connectivity index (χ4v) is 3.79. The number of hydrogen-bond donors (Lipinski definition) is 1. The normalized spacial score (nSPS) is 17.7. The van der Waals surface area contributed by atoms with Gasteiger partial charge in [-0.25, -0.2) is 0 Å². The van der Waals surface area contributed by atoms with Crippen molar-refractivity contribution in [3.63, 3.8) is 0 Å². The van der Waals surface area contributed by atoms with Crippen LogP contribution in [0.1, 0.15) is 48.8 Å². The van der Waals surface area contributed by atoms with Gasteiger partial charge in [-0.05, 0) is 68.2 Å². The molecule has 1 aromatic carbocycles. The SMILES string of the molecule is Cl.NCCCOC1CCN(C(=O)Cc2ccc3c(c2)CCCC3)CC1. The van der Waals surface area contributed by atoms with E-state index in [1.54, 1.807) is 0 Å². The second-order valence-electron chi connectivity index (χ2n) is 7.08. The summed E-state index contributed by atoms with van der Waals surface area (Å²) in [5.74, 6) is 0.256. The number of carbonyl (C=O) groups is 1. The molecule has 0 atom stereocenters. The van der Waals surface area contributed by atoms with Crippen molar-refractivity contribution in [1.82, 2.24) is 4.90 Å². The van der Waals surface area contributed by atoms with Crippen LogP contribution in [0.5, 0.6) is 0 Å². The van der Waals surface area contributed by atoms with Crippen LogP contribution in [0, 0.1) is 0 Å². The van der Waals surface area contributed by atoms with Gasteiger partial charge < -0.3 is 15.4 Å². The summed E-state index contributed by atoms with van der Waals surface area (Å²) < 4.78 is 5.81. The van der Waals surface area contributed by atoms with Crippen LogP contribution >= 0.6 is 12.4 Å². The number of halogens is 1. The predicted molar refractivity (Wildman–Crippen MR) is 103 cm³/mol. The van der Waals surface area contributed by atoms with Crippen molar-refractivity contribution in [2.45, 2.75) is 57.5 Å². The molecular formula is C20H31ClN2O2. The van der Waals surface area contributed by atoms with Gasteiger partial charge in [0.25, 0.3) is 0 Å². The number of likely N-dealkylation sites (tertiary alicyclic amines) is 1. The Morgan fingerprint density at radius 2 is 1.88 bits per heavy atom. The molecule has 1 aliphatic carbocycles. The number of carbonyl (C=O) groups excluding carboxylic acids is 1. The Morgan fingerprint density at radius 1 is 1.16 bits per heavy atom. The maximum atomic E-state index is 12.6. The van der Waals surface area contributed by atoms with Gasteiger partial charge in [-0.3, -0.25) is 4.79 Å². The molecule has 1 aliphatic heterocycles. The average molecular weight is 367 g/mol. The molecule has 140 valence electrons. The lowest BCUT2D eigenvalue weighted by Crippen LogP contribution is -2.41. The fourth-order valence-electron chi connectivity index (χ4n) is 3.79. The van der Waals surface area contributed by atoms with Crippen molar-refractivity contribution in [1.29, 1.82) is 0 Å². The van der Waals surface area contributed by atoms with Crippen LogP contribution in [0.3, 0.4) is 0 Å². The van der Waals surface area contributed by atoms with Gasteiger partial charge >= 0.3 is 0 Å². The van der Waals surface area contributed by atoms with E-state index in [-0.39, 0.29) is 18.3 Å². The Bertz CT molecular complexity index is 557. The van der Waals surface area contributed by atoms with E-state index in [2.05, 4.69) is 18.2 Å². The largest absolute Gasteiger partial charge is 0.378 e. The van der Waals surface area contributed by atoms with Gasteiger partial charge in [-0.15, -0.1) is 12.4 Å². The molecule has 0 aromatic heterocycles. The first-order valence-electron chi connectivity index (χ1n) is 9.46. The Balaban J connectivity index is 0.00000225. The zero-order chi connectivity index (χ0) is 16.8. The lowest BCUT2D eigenvalue weighted by atomic mass is 9.90. The van der Waals surface area contributed by atoms with Crippen molar-refractivity contribution in [3.05, 3.63) is 34.9 Å². The van der Waals surface area contributed by atoms with Crippen LogP contribution in [0.15, 0.2) is 18.2 Å². The number of amides is 1. The maximum Gasteiger partial charge on any atom is 0.226 e. The summed E-state index contributed by atoms with van der Waals surface area (Å²) in [7, 11) is 0. The van der Waals surface area contributed by atoms with Gasteiger partial charge in [-0.2, -0.15) is 0 Å². The van der Waals surface area contributed by atoms with E-state index in [9.17, 15) is 4.79 Å². The molecule has 0 saturated carbocycles. The van der Waals surface area contributed by atoms with Crippen LogP contribution in [-0.4, -0.2) is 43.2 Å². The molecule has 0 spiro atoms. The molecule has 0 radical (unpaired) electrons. The third kappa shape index (κ3) is 5.70. The third-order valence-electron chi connectivity index (χ3n) is 5.26. The first kappa shape index (κ1) is 20.2. The molecule has 1 aromatic rings. The molecule has 5 heteroatoms. The molecule has 1 amide bonds. The summed E-state index contributed by atoms with van der Waals surface area (Å²) >= 11 is 0. The standard InChI is InChI=1S/C20H30N2O2.ClH/c21-10-3-13-24-19-8-11-22(12-9-19)20(23)15-16-6-7-17-4-1-2-5-18(17)14-16;/h6-7,14,19H,1-5,8-13,15,21H2;1H. The first-order chi connectivity index (χ1) is 11.8. The average Bonchev–Trinajstić information content (AvgIpc) is 2.62. The minimum atomic E-state index is 0. The van der Waals surface area contributed by atoms with Crippen molar-refractivity contribution in [2.75, 3.05) is 26.2 Å². The third-order valence-corrected chi connectivity index (χ3v) is 5.26. The van der Waals surface area contributed by atoms with E-state index < -0.39 is 0 Å². The lowest BCUT2D eigenvalue weighted by molar-refractivity contribution is -0.133. The molecule has 4 nitrogen and oxygen atoms in total. The van der Waals surface area contributed by atoms with E-state index in [4.69, 9.17) is 10.5 Å². The fraction of sp³-hybridized carbons (Fsp3) is 0.650. The molecule has 2 N–H and O–H groups in total. The number of hydrogen-bond acceptors (Lipinski definition) is 3. The molecule has 0 unspecified atom stereocenters. The van der Waals surface area contributed by atoms with Gasteiger partial charge in [0.15, 0.2) is 0 Å². The molecule has 1 saturated heterocycles. The zero-order valence-electron chi connectivity index (χ0n) is 15.0. The van der Waals surface area contributed by atoms with Gasteiger partial charge in [0, 0.05) is 19.7 Å². The molecule has 25 heavy (non-hydrogen) atoms. The van der Waals surface area contributed by atoms with Crippen LogP contribution < -0.4 is 5.73 Å². The van der Waals surface area contributed by atoms with Crippen LogP contribution in [0.2, 0.25) is 0 Å². The minimum Gasteiger partial charge on any atom is -0.378 e. The highest BCUT2D eigenvalue weighted by molar-refractivity contribution is 5.85. The number of piperidine rings is 1. The Labute approximate surface area is 157 Å². The second kappa shape index (κ2) is 10.1. The lowest BCUT2D eigenvalue weighted by Gasteiger charge is -2.32. The topological polar surface area (TPSA) is 55.6 Å². The summed E-state index contributed by atoms with van der Waals surface area (Å²) in [4.78, 5) is 14.6. The van der Waals surface area contributed by atoms with Gasteiger partial charge in [0.2, 0.25) is 5.91 Å². The van der Waals surface area contributed by atoms with E-state index in [1.807, 2.05) is 4.90 Å². The van der Waals surface area contributed by atoms with E-state index in [1.165, 1.54) is 42.4 Å². The number of nitrogens with two attached hydrogens (primary N) is 1. The van der Waals surface area contributed by atoms with Crippen molar-refractivity contribution < 1.29 is 9.53 Å². The van der Waals surface area contributed by atoms with E-state index >= 15 is 0 Å². The number of benzene rings is 1. The van der Waals surface area contributed by atoms with Crippen LogP contribution in [-0.2, 0) is 28.8 Å². The molecule has 1 fully saturated rings. The summed E-state index contributed by atoms with van der Waals surface area (Å²) in [5, 5.41) is 0. The molecule has 2 aliphatic rings. The zero-order valence-corrected chi connectivity index (χ0v) is 15.9. The van der Waals surface area contributed by atoms with Gasteiger partial charge in [0.1, 0.15) is 0 Å². The second-order valence-corrected chi connectivity index (χ2v) is 7.08. The van der Waals surface area contributed by atoms with Gasteiger partial charge in [0.05, 0.1) is 12.5 Å².